The van der Waals surface area contributed by atoms with Gasteiger partial charge in [-0.1, -0.05) is 17.7 Å². The van der Waals surface area contributed by atoms with E-state index in [4.69, 9.17) is 16.3 Å². The van der Waals surface area contributed by atoms with Crippen molar-refractivity contribution >= 4 is 40.3 Å². The van der Waals surface area contributed by atoms with Crippen LogP contribution >= 0.6 is 11.6 Å². The van der Waals surface area contributed by atoms with Crippen LogP contribution in [0.5, 0.6) is 5.75 Å². The molecule has 0 bridgehead atoms. The topological polar surface area (TPSA) is 127 Å². The van der Waals surface area contributed by atoms with Gasteiger partial charge < -0.3 is 24.6 Å². The van der Waals surface area contributed by atoms with Crippen LogP contribution in [0.3, 0.4) is 0 Å². The number of aryl methyl sites for hydroxylation is 1. The number of carbonyl (C=O) groups is 2. The number of carboxylic acids is 1. The van der Waals surface area contributed by atoms with E-state index < -0.39 is 5.97 Å². The fraction of sp³-hybridized carbons (Fsp3) is 0.375. The molecule has 0 spiro atoms. The van der Waals surface area contributed by atoms with Crippen LogP contribution in [0.25, 0.3) is 10.9 Å². The van der Waals surface area contributed by atoms with E-state index in [9.17, 15) is 19.5 Å². The van der Waals surface area contributed by atoms with Crippen LogP contribution in [0.15, 0.2) is 35.3 Å². The zero-order valence-corrected chi connectivity index (χ0v) is 20.2. The van der Waals surface area contributed by atoms with Gasteiger partial charge in [0.2, 0.25) is 5.95 Å². The molecule has 1 fully saturated rings. The molecule has 4 rings (SSSR count). The summed E-state index contributed by atoms with van der Waals surface area (Å²) in [5.41, 5.74) is 1.97. The monoisotopic (exact) mass is 499 g/mol. The lowest BCUT2D eigenvalue weighted by Gasteiger charge is -2.30. The summed E-state index contributed by atoms with van der Waals surface area (Å²) in [6.07, 6.45) is 3.10. The summed E-state index contributed by atoms with van der Waals surface area (Å²) in [6.45, 7) is 0.891. The minimum Gasteiger partial charge on any atom is -0.481 e. The molecule has 3 aromatic rings. The van der Waals surface area contributed by atoms with E-state index in [1.54, 1.807) is 19.3 Å². The number of benzene rings is 1. The molecule has 0 radical (unpaired) electrons. The number of rotatable bonds is 7. The third kappa shape index (κ3) is 5.37. The number of nitrogens with zero attached hydrogens (tertiary/aromatic N) is 4. The molecule has 10 nitrogen and oxygen atoms in total. The van der Waals surface area contributed by atoms with Crippen LogP contribution in [0.2, 0.25) is 5.02 Å². The molecule has 1 saturated heterocycles. The molecule has 0 unspecified atom stereocenters. The zero-order valence-electron chi connectivity index (χ0n) is 19.5. The van der Waals surface area contributed by atoms with Gasteiger partial charge in [0.05, 0.1) is 28.3 Å². The number of amides is 1. The molecule has 2 aromatic heterocycles. The van der Waals surface area contributed by atoms with Gasteiger partial charge >= 0.3 is 5.97 Å². The molecular formula is C24H26ClN5O5. The number of anilines is 1. The van der Waals surface area contributed by atoms with Crippen LogP contribution in [0.1, 0.15) is 24.1 Å². The maximum Gasteiger partial charge on any atom is 0.306 e. The quantitative estimate of drug-likeness (QED) is 0.505. The minimum atomic E-state index is -0.765. The Morgan fingerprint density at radius 2 is 2.00 bits per heavy atom. The summed E-state index contributed by atoms with van der Waals surface area (Å²) in [5, 5.41) is 12.9. The Balaban J connectivity index is 1.58. The standard InChI is InChI=1S/C24H26ClN5O5/c1-26-21(31)13-35-20-11-16-9-14(3-4-19(16)29(2)22(20)32)10-18-17(25)12-27-24(28-18)30-7-5-15(6-8-30)23(33)34/h3-4,9,11-12,15H,5-8,10,13H2,1-2H3,(H,26,31)(H,33,34). The van der Waals surface area contributed by atoms with E-state index in [1.807, 2.05) is 23.1 Å². The number of nitrogens with one attached hydrogen (secondary N) is 1. The molecular weight excluding hydrogens is 474 g/mol. The highest BCUT2D eigenvalue weighted by Crippen LogP contribution is 2.25. The van der Waals surface area contributed by atoms with Gasteiger partial charge in [0.1, 0.15) is 0 Å². The molecule has 2 N–H and O–H groups in total. The molecule has 3 heterocycles. The number of halogens is 1. The van der Waals surface area contributed by atoms with Crippen molar-refractivity contribution < 1.29 is 19.4 Å². The predicted molar refractivity (Wildman–Crippen MR) is 131 cm³/mol. The van der Waals surface area contributed by atoms with Crippen molar-refractivity contribution in [3.63, 3.8) is 0 Å². The Morgan fingerprint density at radius 1 is 1.26 bits per heavy atom. The maximum absolute atomic E-state index is 12.6. The van der Waals surface area contributed by atoms with Crippen LogP contribution < -0.4 is 20.5 Å². The van der Waals surface area contributed by atoms with Crippen molar-refractivity contribution in [2.75, 3.05) is 31.6 Å². The maximum atomic E-state index is 12.6. The second-order valence-electron chi connectivity index (χ2n) is 8.47. The van der Waals surface area contributed by atoms with Crippen molar-refractivity contribution in [2.24, 2.45) is 13.0 Å². The summed E-state index contributed by atoms with van der Waals surface area (Å²) < 4.78 is 6.91. The van der Waals surface area contributed by atoms with Gasteiger partial charge in [0.15, 0.2) is 12.4 Å². The summed E-state index contributed by atoms with van der Waals surface area (Å²) in [4.78, 5) is 46.3. The van der Waals surface area contributed by atoms with Gasteiger partial charge in [0, 0.05) is 39.0 Å². The second kappa shape index (κ2) is 10.3. The number of ether oxygens (including phenoxy) is 1. The Bertz CT molecular complexity index is 1330. The first-order valence-electron chi connectivity index (χ1n) is 11.2. The summed E-state index contributed by atoms with van der Waals surface area (Å²) in [6, 6.07) is 7.31. The highest BCUT2D eigenvalue weighted by atomic mass is 35.5. The number of pyridine rings is 1. The number of piperidine rings is 1. The van der Waals surface area contributed by atoms with Gasteiger partial charge in [-0.25, -0.2) is 9.97 Å². The summed E-state index contributed by atoms with van der Waals surface area (Å²) >= 11 is 6.40. The number of aromatic nitrogens is 3. The fourth-order valence-corrected chi connectivity index (χ4v) is 4.28. The van der Waals surface area contributed by atoms with Gasteiger partial charge in [0.25, 0.3) is 11.5 Å². The average molecular weight is 500 g/mol. The van der Waals surface area contributed by atoms with E-state index >= 15 is 0 Å². The number of carbonyl (C=O) groups excluding carboxylic acids is 1. The van der Waals surface area contributed by atoms with E-state index in [1.165, 1.54) is 11.6 Å². The molecule has 0 aliphatic carbocycles. The zero-order chi connectivity index (χ0) is 25.1. The Kier molecular flexibility index (Phi) is 7.20. The molecule has 1 amide bonds. The van der Waals surface area contributed by atoms with Crippen molar-refractivity contribution in [1.82, 2.24) is 19.9 Å². The number of likely N-dealkylation sites (N-methyl/N-ethyl adjacent to an activating group) is 1. The Morgan fingerprint density at radius 3 is 2.69 bits per heavy atom. The number of hydrogen-bond acceptors (Lipinski definition) is 7. The first-order chi connectivity index (χ1) is 16.8. The fourth-order valence-electron chi connectivity index (χ4n) is 4.12. The smallest absolute Gasteiger partial charge is 0.306 e. The molecule has 35 heavy (non-hydrogen) atoms. The van der Waals surface area contributed by atoms with Crippen LogP contribution in [0, 0.1) is 5.92 Å². The normalized spacial score (nSPS) is 14.2. The number of aliphatic carboxylic acids is 1. The first kappa shape index (κ1) is 24.5. The van der Waals surface area contributed by atoms with Crippen LogP contribution in [-0.4, -0.2) is 58.3 Å². The van der Waals surface area contributed by atoms with Crippen LogP contribution in [-0.2, 0) is 23.1 Å². The van der Waals surface area contributed by atoms with E-state index in [0.717, 1.165) is 16.5 Å². The van der Waals surface area contributed by atoms with E-state index in [-0.39, 0.29) is 29.7 Å². The van der Waals surface area contributed by atoms with Gasteiger partial charge in [-0.3, -0.25) is 14.4 Å². The molecule has 184 valence electrons. The predicted octanol–water partition coefficient (Wildman–Crippen LogP) is 2.00. The van der Waals surface area contributed by atoms with Crippen LogP contribution in [0.4, 0.5) is 5.95 Å². The molecule has 1 aliphatic heterocycles. The number of hydrogen-bond donors (Lipinski definition) is 2. The lowest BCUT2D eigenvalue weighted by Crippen LogP contribution is -2.37. The summed E-state index contributed by atoms with van der Waals surface area (Å²) in [5.74, 6) is -0.813. The molecule has 0 saturated carbocycles. The van der Waals surface area contributed by atoms with Gasteiger partial charge in [-0.05, 0) is 36.6 Å². The summed E-state index contributed by atoms with van der Waals surface area (Å²) in [7, 11) is 3.15. The van der Waals surface area contributed by atoms with Crippen molar-refractivity contribution in [2.45, 2.75) is 19.3 Å². The van der Waals surface area contributed by atoms with Crippen molar-refractivity contribution in [1.29, 1.82) is 0 Å². The Labute approximate surface area is 206 Å². The number of fused-ring (bicyclic) bond motifs is 1. The molecule has 0 atom stereocenters. The highest BCUT2D eigenvalue weighted by Gasteiger charge is 2.26. The lowest BCUT2D eigenvalue weighted by atomic mass is 9.97. The van der Waals surface area contributed by atoms with Gasteiger partial charge in [-0.15, -0.1) is 0 Å². The Hall–Kier alpha value is -3.66. The second-order valence-corrected chi connectivity index (χ2v) is 8.88. The largest absolute Gasteiger partial charge is 0.481 e. The highest BCUT2D eigenvalue weighted by molar-refractivity contribution is 6.31. The average Bonchev–Trinajstić information content (AvgIpc) is 2.86. The van der Waals surface area contributed by atoms with E-state index in [2.05, 4.69) is 15.3 Å². The number of carboxylic acid groups (broad SMARTS) is 1. The molecule has 1 aromatic carbocycles. The first-order valence-corrected chi connectivity index (χ1v) is 11.6. The van der Waals surface area contributed by atoms with Gasteiger partial charge in [-0.2, -0.15) is 0 Å². The molecule has 1 aliphatic rings. The lowest BCUT2D eigenvalue weighted by molar-refractivity contribution is -0.142. The minimum absolute atomic E-state index is 0.0906. The van der Waals surface area contributed by atoms with E-state index in [0.29, 0.717) is 49.0 Å². The molecule has 11 heteroatoms. The van der Waals surface area contributed by atoms with Crippen molar-refractivity contribution in [3.8, 4) is 5.75 Å². The third-order valence-electron chi connectivity index (χ3n) is 6.20. The third-order valence-corrected chi connectivity index (χ3v) is 6.51. The SMILES string of the molecule is CNC(=O)COc1cc2cc(Cc3nc(N4CCC(C(=O)O)CC4)ncc3Cl)ccc2n(C)c1=O. The van der Waals surface area contributed by atoms with Crippen molar-refractivity contribution in [3.05, 3.63) is 57.1 Å².